The molecule has 0 bridgehead atoms. The lowest BCUT2D eigenvalue weighted by molar-refractivity contribution is 0.200. The van der Waals surface area contributed by atoms with Crippen molar-refractivity contribution >= 4 is 17.0 Å². The third kappa shape index (κ3) is 5.09. The number of rotatable bonds is 5. The Hall–Kier alpha value is -1.83. The molecule has 2 nitrogen and oxygen atoms in total. The highest BCUT2D eigenvalue weighted by Crippen LogP contribution is 2.36. The summed E-state index contributed by atoms with van der Waals surface area (Å²) in [7, 11) is 0. The Morgan fingerprint density at radius 2 is 1.83 bits per heavy atom. The lowest BCUT2D eigenvalue weighted by Crippen LogP contribution is -2.20. The number of phenols is 1. The van der Waals surface area contributed by atoms with Gasteiger partial charge in [-0.25, -0.2) is 0 Å². The van der Waals surface area contributed by atoms with Crippen LogP contribution in [0.5, 0.6) is 5.75 Å². The number of aromatic nitrogens is 1. The van der Waals surface area contributed by atoms with Crippen LogP contribution in [-0.4, -0.2) is 10.1 Å². The zero-order chi connectivity index (χ0) is 17.1. The highest BCUT2D eigenvalue weighted by Gasteiger charge is 2.24. The van der Waals surface area contributed by atoms with Gasteiger partial charge in [-0.3, -0.25) is 4.98 Å². The highest BCUT2D eigenvalue weighted by molar-refractivity contribution is 5.87. The Bertz CT molecular complexity index is 693. The average molecular weight is 311 g/mol. The van der Waals surface area contributed by atoms with Crippen molar-refractivity contribution in [3.63, 3.8) is 0 Å². The minimum Gasteiger partial charge on any atom is -0.505 e. The molecule has 0 atom stereocenters. The number of hydrogen-bond donors (Lipinski definition) is 1. The Balaban J connectivity index is 2.03. The monoisotopic (exact) mass is 311 g/mol. The van der Waals surface area contributed by atoms with Gasteiger partial charge in [0.15, 0.2) is 0 Å². The Morgan fingerprint density at radius 3 is 2.52 bits per heavy atom. The van der Waals surface area contributed by atoms with E-state index in [0.29, 0.717) is 16.3 Å². The molecule has 2 aromatic rings. The highest BCUT2D eigenvalue weighted by atomic mass is 16.3. The van der Waals surface area contributed by atoms with Gasteiger partial charge >= 0.3 is 0 Å². The van der Waals surface area contributed by atoms with Gasteiger partial charge in [0.25, 0.3) is 0 Å². The lowest BCUT2D eigenvalue weighted by Gasteiger charge is -2.32. The van der Waals surface area contributed by atoms with E-state index in [1.807, 2.05) is 30.3 Å². The van der Waals surface area contributed by atoms with Crippen molar-refractivity contribution in [1.82, 2.24) is 4.98 Å². The predicted octanol–water partition coefficient (Wildman–Crippen LogP) is 6.20. The van der Waals surface area contributed by atoms with Crippen molar-refractivity contribution in [3.8, 4) is 5.75 Å². The molecule has 2 heteroatoms. The van der Waals surface area contributed by atoms with Crippen molar-refractivity contribution in [2.24, 2.45) is 10.8 Å². The first kappa shape index (κ1) is 17.5. The molecule has 1 aromatic carbocycles. The van der Waals surface area contributed by atoms with Gasteiger partial charge in [-0.1, -0.05) is 65.0 Å². The van der Waals surface area contributed by atoms with Crippen LogP contribution in [0.15, 0.2) is 36.5 Å². The summed E-state index contributed by atoms with van der Waals surface area (Å²) < 4.78 is 0. The topological polar surface area (TPSA) is 33.1 Å². The predicted molar refractivity (Wildman–Crippen MR) is 99.5 cm³/mol. The first-order valence-corrected chi connectivity index (χ1v) is 8.41. The lowest BCUT2D eigenvalue weighted by atomic mass is 9.74. The Kier molecular flexibility index (Phi) is 5.13. The number of allylic oxidation sites excluding steroid dienone is 1. The number of hydrogen-bond acceptors (Lipinski definition) is 2. The van der Waals surface area contributed by atoms with Crippen molar-refractivity contribution in [3.05, 3.63) is 42.1 Å². The average Bonchev–Trinajstić information content (AvgIpc) is 2.43. The molecule has 1 heterocycles. The molecule has 0 aliphatic rings. The summed E-state index contributed by atoms with van der Waals surface area (Å²) in [4.78, 5) is 4.27. The molecule has 0 spiro atoms. The summed E-state index contributed by atoms with van der Waals surface area (Å²) in [6.07, 6.45) is 9.25. The zero-order valence-corrected chi connectivity index (χ0v) is 15.1. The van der Waals surface area contributed by atoms with Crippen LogP contribution < -0.4 is 0 Å². The van der Waals surface area contributed by atoms with E-state index in [2.05, 4.69) is 45.7 Å². The maximum absolute atomic E-state index is 10.3. The summed E-state index contributed by atoms with van der Waals surface area (Å²) in [5, 5.41) is 11.3. The van der Waals surface area contributed by atoms with Crippen molar-refractivity contribution in [1.29, 1.82) is 0 Å². The Labute approximate surface area is 140 Å². The third-order valence-electron chi connectivity index (χ3n) is 4.07. The van der Waals surface area contributed by atoms with Gasteiger partial charge in [-0.05, 0) is 36.2 Å². The normalized spacial score (nSPS) is 13.1. The van der Waals surface area contributed by atoms with Gasteiger partial charge in [0, 0.05) is 17.1 Å². The van der Waals surface area contributed by atoms with Gasteiger partial charge in [-0.2, -0.15) is 0 Å². The van der Waals surface area contributed by atoms with E-state index in [1.165, 1.54) is 6.42 Å². The summed E-state index contributed by atoms with van der Waals surface area (Å²) in [6, 6.07) is 7.81. The first-order valence-electron chi connectivity index (χ1n) is 8.41. The second kappa shape index (κ2) is 6.74. The van der Waals surface area contributed by atoms with Crippen LogP contribution >= 0.6 is 0 Å². The van der Waals surface area contributed by atoms with Gasteiger partial charge in [0.1, 0.15) is 11.3 Å². The maximum atomic E-state index is 10.3. The molecule has 2 rings (SSSR count). The number of phenolic OH excluding ortho intramolecular Hbond substituents is 1. The SMILES string of the molecule is CC(C)(C)CC(C)(C)CCC=Cc1ccc2cccnc2c1O. The van der Waals surface area contributed by atoms with Crippen molar-refractivity contribution in [2.75, 3.05) is 0 Å². The van der Waals surface area contributed by atoms with Crippen LogP contribution in [-0.2, 0) is 0 Å². The minimum absolute atomic E-state index is 0.272. The number of nitrogens with zero attached hydrogens (tertiary/aromatic N) is 1. The maximum Gasteiger partial charge on any atom is 0.148 e. The molecule has 0 saturated heterocycles. The van der Waals surface area contributed by atoms with Crippen LogP contribution in [0.1, 0.15) is 59.4 Å². The van der Waals surface area contributed by atoms with Gasteiger partial charge in [0.05, 0.1) is 0 Å². The quantitative estimate of drug-likeness (QED) is 0.713. The largest absolute Gasteiger partial charge is 0.505 e. The molecular formula is C21H29NO. The van der Waals surface area contributed by atoms with E-state index >= 15 is 0 Å². The summed E-state index contributed by atoms with van der Waals surface area (Å²) in [6.45, 7) is 11.6. The standard InChI is InChI=1S/C21H29NO/c1-20(2,3)15-21(4,5)13-7-6-9-17-12-11-16-10-8-14-22-18(16)19(17)23/h6,8-12,14,23H,7,13,15H2,1-5H3. The molecule has 0 aliphatic carbocycles. The molecule has 0 saturated carbocycles. The fraction of sp³-hybridized carbons (Fsp3) is 0.476. The van der Waals surface area contributed by atoms with E-state index in [9.17, 15) is 5.11 Å². The number of fused-ring (bicyclic) bond motifs is 1. The molecule has 124 valence electrons. The molecule has 0 fully saturated rings. The van der Waals surface area contributed by atoms with Crippen LogP contribution in [0.3, 0.4) is 0 Å². The second-order valence-corrected chi connectivity index (χ2v) is 8.42. The second-order valence-electron chi connectivity index (χ2n) is 8.42. The zero-order valence-electron chi connectivity index (χ0n) is 15.1. The van der Waals surface area contributed by atoms with E-state index < -0.39 is 0 Å². The van der Waals surface area contributed by atoms with Crippen molar-refractivity contribution in [2.45, 2.75) is 53.9 Å². The Morgan fingerprint density at radius 1 is 1.09 bits per heavy atom. The van der Waals surface area contributed by atoms with Crippen LogP contribution in [0, 0.1) is 10.8 Å². The van der Waals surface area contributed by atoms with Crippen LogP contribution in [0.25, 0.3) is 17.0 Å². The molecule has 1 N–H and O–H groups in total. The molecule has 0 unspecified atom stereocenters. The van der Waals surface area contributed by atoms with E-state index in [1.54, 1.807) is 6.20 Å². The van der Waals surface area contributed by atoms with Gasteiger partial charge in [0.2, 0.25) is 0 Å². The van der Waals surface area contributed by atoms with E-state index in [4.69, 9.17) is 0 Å². The summed E-state index contributed by atoms with van der Waals surface area (Å²) >= 11 is 0. The van der Waals surface area contributed by atoms with Gasteiger partial charge < -0.3 is 5.11 Å². The fourth-order valence-electron chi connectivity index (χ4n) is 3.49. The fourth-order valence-corrected chi connectivity index (χ4v) is 3.49. The molecular weight excluding hydrogens is 282 g/mol. The molecule has 0 aliphatic heterocycles. The molecule has 0 radical (unpaired) electrons. The number of aromatic hydroxyl groups is 1. The summed E-state index contributed by atoms with van der Waals surface area (Å²) in [5.41, 5.74) is 2.19. The van der Waals surface area contributed by atoms with Crippen molar-refractivity contribution < 1.29 is 5.11 Å². The van der Waals surface area contributed by atoms with Crippen LogP contribution in [0.4, 0.5) is 0 Å². The third-order valence-corrected chi connectivity index (χ3v) is 4.07. The molecule has 23 heavy (non-hydrogen) atoms. The molecule has 1 aromatic heterocycles. The number of benzene rings is 1. The number of pyridine rings is 1. The van der Waals surface area contributed by atoms with Crippen LogP contribution in [0.2, 0.25) is 0 Å². The smallest absolute Gasteiger partial charge is 0.148 e. The van der Waals surface area contributed by atoms with E-state index in [-0.39, 0.29) is 5.75 Å². The van der Waals surface area contributed by atoms with E-state index in [0.717, 1.165) is 23.8 Å². The first-order chi connectivity index (χ1) is 10.7. The minimum atomic E-state index is 0.272. The summed E-state index contributed by atoms with van der Waals surface area (Å²) in [5.74, 6) is 0.272. The molecule has 0 amide bonds. The van der Waals surface area contributed by atoms with Gasteiger partial charge in [-0.15, -0.1) is 0 Å².